The Kier molecular flexibility index (Phi) is 4.38. The fourth-order valence-electron chi connectivity index (χ4n) is 4.57. The fourth-order valence-corrected chi connectivity index (χ4v) is 4.76. The van der Waals surface area contributed by atoms with Gasteiger partial charge in [-0.05, 0) is 54.5 Å². The third kappa shape index (κ3) is 2.88. The molecule has 2 aliphatic rings. The standard InChI is InChI=1S/C21H25ClN2/c22-19-7-3-6-18(12-19)21(15-23)10-8-20(9-11-21)24-13-16-4-1-2-5-17(16)14-24/h1-7,12,20H,8-11,13-15,23H2. The highest BCUT2D eigenvalue weighted by Crippen LogP contribution is 2.42. The first-order chi connectivity index (χ1) is 11.7. The molecule has 1 heterocycles. The van der Waals surface area contributed by atoms with Crippen molar-refractivity contribution in [2.75, 3.05) is 6.54 Å². The molecule has 0 saturated heterocycles. The summed E-state index contributed by atoms with van der Waals surface area (Å²) in [5.41, 5.74) is 10.7. The minimum Gasteiger partial charge on any atom is -0.330 e. The van der Waals surface area contributed by atoms with E-state index in [-0.39, 0.29) is 5.41 Å². The highest BCUT2D eigenvalue weighted by molar-refractivity contribution is 6.30. The summed E-state index contributed by atoms with van der Waals surface area (Å²) in [7, 11) is 0. The van der Waals surface area contributed by atoms with E-state index in [9.17, 15) is 0 Å². The largest absolute Gasteiger partial charge is 0.330 e. The van der Waals surface area contributed by atoms with Gasteiger partial charge in [-0.1, -0.05) is 48.0 Å². The highest BCUT2D eigenvalue weighted by Gasteiger charge is 2.38. The van der Waals surface area contributed by atoms with Gasteiger partial charge in [0, 0.05) is 36.1 Å². The second-order valence-electron chi connectivity index (χ2n) is 7.40. The number of hydrogen-bond acceptors (Lipinski definition) is 2. The summed E-state index contributed by atoms with van der Waals surface area (Å²) in [6, 6.07) is 17.8. The van der Waals surface area contributed by atoms with Crippen LogP contribution in [0.3, 0.4) is 0 Å². The van der Waals surface area contributed by atoms with Crippen molar-refractivity contribution in [1.29, 1.82) is 0 Å². The van der Waals surface area contributed by atoms with Crippen LogP contribution >= 0.6 is 11.6 Å². The third-order valence-electron chi connectivity index (χ3n) is 6.12. The first kappa shape index (κ1) is 16.1. The Bertz CT molecular complexity index is 694. The maximum absolute atomic E-state index is 6.23. The number of benzene rings is 2. The molecule has 2 nitrogen and oxygen atoms in total. The minimum absolute atomic E-state index is 0.105. The Morgan fingerprint density at radius 1 is 1.00 bits per heavy atom. The van der Waals surface area contributed by atoms with Crippen molar-refractivity contribution < 1.29 is 0 Å². The summed E-state index contributed by atoms with van der Waals surface area (Å²) in [5.74, 6) is 0. The topological polar surface area (TPSA) is 29.3 Å². The van der Waals surface area contributed by atoms with Crippen LogP contribution in [0.25, 0.3) is 0 Å². The Hall–Kier alpha value is -1.35. The van der Waals surface area contributed by atoms with Gasteiger partial charge in [-0.2, -0.15) is 0 Å². The lowest BCUT2D eigenvalue weighted by molar-refractivity contribution is 0.124. The van der Waals surface area contributed by atoms with Crippen LogP contribution in [0, 0.1) is 0 Å². The molecule has 0 spiro atoms. The molecule has 2 N–H and O–H groups in total. The summed E-state index contributed by atoms with van der Waals surface area (Å²) in [6.07, 6.45) is 4.75. The number of nitrogens with two attached hydrogens (primary N) is 1. The summed E-state index contributed by atoms with van der Waals surface area (Å²) < 4.78 is 0. The zero-order valence-electron chi connectivity index (χ0n) is 14.0. The summed E-state index contributed by atoms with van der Waals surface area (Å²) >= 11 is 6.22. The molecule has 1 saturated carbocycles. The minimum atomic E-state index is 0.105. The van der Waals surface area contributed by atoms with Crippen molar-refractivity contribution in [3.05, 3.63) is 70.2 Å². The van der Waals surface area contributed by atoms with Crippen LogP contribution < -0.4 is 5.73 Å². The van der Waals surface area contributed by atoms with E-state index in [0.717, 1.165) is 31.0 Å². The van der Waals surface area contributed by atoms with Gasteiger partial charge in [0.2, 0.25) is 0 Å². The van der Waals surface area contributed by atoms with E-state index in [1.807, 2.05) is 6.07 Å². The molecule has 0 unspecified atom stereocenters. The predicted molar refractivity (Wildman–Crippen MR) is 100 cm³/mol. The number of nitrogens with zero attached hydrogens (tertiary/aromatic N) is 1. The molecule has 2 aromatic rings. The SMILES string of the molecule is NCC1(c2cccc(Cl)c2)CCC(N2Cc3ccccc3C2)CC1. The van der Waals surface area contributed by atoms with Crippen LogP contribution in [0.5, 0.6) is 0 Å². The smallest absolute Gasteiger partial charge is 0.0408 e. The van der Waals surface area contributed by atoms with Gasteiger partial charge in [0.15, 0.2) is 0 Å². The third-order valence-corrected chi connectivity index (χ3v) is 6.36. The van der Waals surface area contributed by atoms with Crippen molar-refractivity contribution in [3.63, 3.8) is 0 Å². The molecule has 1 aliphatic carbocycles. The second kappa shape index (κ2) is 6.51. The molecule has 1 fully saturated rings. The van der Waals surface area contributed by atoms with E-state index >= 15 is 0 Å². The molecule has 0 atom stereocenters. The lowest BCUT2D eigenvalue weighted by atomic mass is 9.68. The van der Waals surface area contributed by atoms with Gasteiger partial charge in [-0.25, -0.2) is 0 Å². The van der Waals surface area contributed by atoms with Crippen LogP contribution in [-0.4, -0.2) is 17.5 Å². The van der Waals surface area contributed by atoms with Gasteiger partial charge in [0.1, 0.15) is 0 Å². The molecule has 2 aromatic carbocycles. The molecule has 0 radical (unpaired) electrons. The molecule has 126 valence electrons. The average molecular weight is 341 g/mol. The van der Waals surface area contributed by atoms with E-state index < -0.39 is 0 Å². The molecule has 0 aromatic heterocycles. The monoisotopic (exact) mass is 340 g/mol. The maximum Gasteiger partial charge on any atom is 0.0408 e. The van der Waals surface area contributed by atoms with Crippen molar-refractivity contribution in [1.82, 2.24) is 4.90 Å². The van der Waals surface area contributed by atoms with E-state index in [1.54, 1.807) is 0 Å². The van der Waals surface area contributed by atoms with Gasteiger partial charge >= 0.3 is 0 Å². The molecule has 3 heteroatoms. The number of hydrogen-bond donors (Lipinski definition) is 1. The molecule has 4 rings (SSSR count). The molecular weight excluding hydrogens is 316 g/mol. The first-order valence-electron chi connectivity index (χ1n) is 8.97. The van der Waals surface area contributed by atoms with Crippen molar-refractivity contribution in [3.8, 4) is 0 Å². The normalized spacial score (nSPS) is 27.2. The maximum atomic E-state index is 6.23. The Balaban J connectivity index is 1.47. The summed E-state index contributed by atoms with van der Waals surface area (Å²) in [6.45, 7) is 2.92. The Labute approximate surface area is 149 Å². The Morgan fingerprint density at radius 3 is 2.25 bits per heavy atom. The predicted octanol–water partition coefficient (Wildman–Crippen LogP) is 4.49. The van der Waals surface area contributed by atoms with Crippen molar-refractivity contribution in [2.45, 2.75) is 50.2 Å². The van der Waals surface area contributed by atoms with Gasteiger partial charge < -0.3 is 5.73 Å². The molecule has 0 bridgehead atoms. The molecule has 24 heavy (non-hydrogen) atoms. The van der Waals surface area contributed by atoms with Crippen molar-refractivity contribution in [2.24, 2.45) is 5.73 Å². The molecule has 1 aliphatic heterocycles. The molecular formula is C21H25ClN2. The van der Waals surface area contributed by atoms with Gasteiger partial charge in [0.25, 0.3) is 0 Å². The van der Waals surface area contributed by atoms with Gasteiger partial charge in [0.05, 0.1) is 0 Å². The highest BCUT2D eigenvalue weighted by atomic mass is 35.5. The number of rotatable bonds is 3. The van der Waals surface area contributed by atoms with Crippen LogP contribution in [0.1, 0.15) is 42.4 Å². The van der Waals surface area contributed by atoms with E-state index in [0.29, 0.717) is 12.6 Å². The number of halogens is 1. The van der Waals surface area contributed by atoms with Crippen molar-refractivity contribution >= 4 is 11.6 Å². The van der Waals surface area contributed by atoms with Gasteiger partial charge in [-0.3, -0.25) is 4.90 Å². The van der Waals surface area contributed by atoms with Crippen LogP contribution in [0.15, 0.2) is 48.5 Å². The average Bonchev–Trinajstić information content (AvgIpc) is 3.06. The Morgan fingerprint density at radius 2 is 1.67 bits per heavy atom. The quantitative estimate of drug-likeness (QED) is 0.891. The lowest BCUT2D eigenvalue weighted by Crippen LogP contribution is -2.44. The van der Waals surface area contributed by atoms with Crippen LogP contribution in [0.4, 0.5) is 0 Å². The van der Waals surface area contributed by atoms with E-state index in [1.165, 1.54) is 29.5 Å². The van der Waals surface area contributed by atoms with Crippen LogP contribution in [-0.2, 0) is 18.5 Å². The fraction of sp³-hybridized carbons (Fsp3) is 0.429. The molecule has 0 amide bonds. The zero-order chi connectivity index (χ0) is 16.6. The van der Waals surface area contributed by atoms with Crippen LogP contribution in [0.2, 0.25) is 5.02 Å². The summed E-state index contributed by atoms with van der Waals surface area (Å²) in [5, 5.41) is 0.817. The van der Waals surface area contributed by atoms with Gasteiger partial charge in [-0.15, -0.1) is 0 Å². The van der Waals surface area contributed by atoms with E-state index in [2.05, 4.69) is 47.4 Å². The number of fused-ring (bicyclic) bond motifs is 1. The summed E-state index contributed by atoms with van der Waals surface area (Å²) in [4.78, 5) is 2.66. The lowest BCUT2D eigenvalue weighted by Gasteiger charge is -2.42. The first-order valence-corrected chi connectivity index (χ1v) is 9.35. The second-order valence-corrected chi connectivity index (χ2v) is 7.84. The van der Waals surface area contributed by atoms with E-state index in [4.69, 9.17) is 17.3 Å². The zero-order valence-corrected chi connectivity index (χ0v) is 14.8.